The van der Waals surface area contributed by atoms with Gasteiger partial charge in [-0.1, -0.05) is 11.6 Å². The molecule has 0 saturated carbocycles. The van der Waals surface area contributed by atoms with E-state index in [1.807, 2.05) is 6.07 Å². The van der Waals surface area contributed by atoms with Crippen molar-refractivity contribution < 1.29 is 0 Å². The second-order valence-electron chi connectivity index (χ2n) is 2.39. The lowest BCUT2D eigenvalue weighted by molar-refractivity contribution is 1.31. The summed E-state index contributed by atoms with van der Waals surface area (Å²) in [6, 6.07) is 5.49. The van der Waals surface area contributed by atoms with Crippen molar-refractivity contribution in [3.63, 3.8) is 0 Å². The number of hydrogen-bond acceptors (Lipinski definition) is 2. The predicted octanol–water partition coefficient (Wildman–Crippen LogP) is 2.09. The number of pyridine rings is 1. The average molecular weight is 178 g/mol. The van der Waals surface area contributed by atoms with Gasteiger partial charge in [-0.3, -0.25) is 0 Å². The summed E-state index contributed by atoms with van der Waals surface area (Å²) in [7, 11) is 0. The molecule has 0 saturated heterocycles. The summed E-state index contributed by atoms with van der Waals surface area (Å²) in [6.07, 6.45) is 1.51. The third-order valence-corrected chi connectivity index (χ3v) is 1.77. The Kier molecular flexibility index (Phi) is 1.49. The van der Waals surface area contributed by atoms with Gasteiger partial charge in [0, 0.05) is 11.6 Å². The zero-order valence-corrected chi connectivity index (χ0v) is 6.76. The lowest BCUT2D eigenvalue weighted by Crippen LogP contribution is -1.78. The number of fused-ring (bicyclic) bond motifs is 1. The fourth-order valence-corrected chi connectivity index (χ4v) is 1.25. The van der Waals surface area contributed by atoms with E-state index in [0.29, 0.717) is 16.4 Å². The Bertz CT molecular complexity index is 467. The number of aromatic amines is 1. The maximum atomic E-state index is 8.57. The third kappa shape index (κ3) is 1.03. The standard InChI is InChI=1S/C8H4ClN3/c9-7-2-6-1-5(3-10)4-11-8(6)12-7/h1-2,4H,(H,11,12). The molecule has 0 aliphatic carbocycles. The smallest absolute Gasteiger partial charge is 0.138 e. The van der Waals surface area contributed by atoms with E-state index in [1.54, 1.807) is 12.1 Å². The predicted molar refractivity (Wildman–Crippen MR) is 45.8 cm³/mol. The van der Waals surface area contributed by atoms with Crippen LogP contribution in [0.5, 0.6) is 0 Å². The Morgan fingerprint density at radius 1 is 1.50 bits per heavy atom. The summed E-state index contributed by atoms with van der Waals surface area (Å²) in [4.78, 5) is 6.86. The summed E-state index contributed by atoms with van der Waals surface area (Å²) in [5, 5.41) is 9.97. The van der Waals surface area contributed by atoms with E-state index in [9.17, 15) is 0 Å². The van der Waals surface area contributed by atoms with E-state index < -0.39 is 0 Å². The second-order valence-corrected chi connectivity index (χ2v) is 2.80. The van der Waals surface area contributed by atoms with Gasteiger partial charge < -0.3 is 4.98 Å². The van der Waals surface area contributed by atoms with Gasteiger partial charge in [0.25, 0.3) is 0 Å². The van der Waals surface area contributed by atoms with Crippen molar-refractivity contribution in [1.82, 2.24) is 9.97 Å². The Morgan fingerprint density at radius 3 is 3.08 bits per heavy atom. The van der Waals surface area contributed by atoms with Crippen molar-refractivity contribution in [3.05, 3.63) is 29.0 Å². The monoisotopic (exact) mass is 177 g/mol. The van der Waals surface area contributed by atoms with E-state index in [4.69, 9.17) is 16.9 Å². The molecule has 3 nitrogen and oxygen atoms in total. The minimum Gasteiger partial charge on any atom is -0.330 e. The van der Waals surface area contributed by atoms with Gasteiger partial charge in [-0.05, 0) is 12.1 Å². The van der Waals surface area contributed by atoms with E-state index in [2.05, 4.69) is 9.97 Å². The molecule has 0 unspecified atom stereocenters. The highest BCUT2D eigenvalue weighted by atomic mass is 35.5. The maximum Gasteiger partial charge on any atom is 0.138 e. The molecule has 2 heterocycles. The number of rotatable bonds is 0. The van der Waals surface area contributed by atoms with E-state index >= 15 is 0 Å². The molecule has 0 aliphatic heterocycles. The molecule has 0 fully saturated rings. The van der Waals surface area contributed by atoms with Crippen molar-refractivity contribution in [2.75, 3.05) is 0 Å². The van der Waals surface area contributed by atoms with Gasteiger partial charge >= 0.3 is 0 Å². The molecule has 2 aromatic rings. The number of halogens is 1. The largest absolute Gasteiger partial charge is 0.330 e. The Morgan fingerprint density at radius 2 is 2.33 bits per heavy atom. The highest BCUT2D eigenvalue weighted by Crippen LogP contribution is 2.17. The fraction of sp³-hybridized carbons (Fsp3) is 0. The SMILES string of the molecule is N#Cc1cnc2[nH]c(Cl)cc2c1. The normalized spacial score (nSPS) is 10.0. The molecule has 0 aromatic carbocycles. The van der Waals surface area contributed by atoms with Crippen LogP contribution in [-0.4, -0.2) is 9.97 Å². The van der Waals surface area contributed by atoms with Gasteiger partial charge in [0.2, 0.25) is 0 Å². The molecule has 0 spiro atoms. The highest BCUT2D eigenvalue weighted by molar-refractivity contribution is 6.30. The molecule has 0 radical (unpaired) electrons. The van der Waals surface area contributed by atoms with Gasteiger partial charge in [-0.2, -0.15) is 5.26 Å². The van der Waals surface area contributed by atoms with Crippen LogP contribution in [0.4, 0.5) is 0 Å². The van der Waals surface area contributed by atoms with Crippen molar-refractivity contribution in [2.24, 2.45) is 0 Å². The van der Waals surface area contributed by atoms with Crippen LogP contribution in [0.1, 0.15) is 5.56 Å². The molecule has 0 bridgehead atoms. The van der Waals surface area contributed by atoms with Crippen molar-refractivity contribution in [2.45, 2.75) is 0 Å². The van der Waals surface area contributed by atoms with Gasteiger partial charge in [-0.25, -0.2) is 4.98 Å². The minimum atomic E-state index is 0.535. The summed E-state index contributed by atoms with van der Waals surface area (Å²) in [6.45, 7) is 0. The van der Waals surface area contributed by atoms with Crippen molar-refractivity contribution in [1.29, 1.82) is 5.26 Å². The Balaban J connectivity index is 2.77. The van der Waals surface area contributed by atoms with Crippen LogP contribution >= 0.6 is 11.6 Å². The van der Waals surface area contributed by atoms with Crippen LogP contribution in [0, 0.1) is 11.3 Å². The number of aromatic nitrogens is 2. The Labute approximate surface area is 73.6 Å². The first-order chi connectivity index (χ1) is 5.79. The average Bonchev–Trinajstić information content (AvgIpc) is 2.43. The first-order valence-corrected chi connectivity index (χ1v) is 3.72. The molecular formula is C8H4ClN3. The lowest BCUT2D eigenvalue weighted by Gasteiger charge is -1.87. The number of nitrogens with zero attached hydrogens (tertiary/aromatic N) is 2. The second kappa shape index (κ2) is 2.50. The summed E-state index contributed by atoms with van der Waals surface area (Å²) >= 11 is 5.70. The molecule has 2 rings (SSSR count). The van der Waals surface area contributed by atoms with Crippen LogP contribution in [-0.2, 0) is 0 Å². The number of nitrogens with one attached hydrogen (secondary N) is 1. The zero-order valence-electron chi connectivity index (χ0n) is 6.00. The lowest BCUT2D eigenvalue weighted by atomic mass is 10.2. The minimum absolute atomic E-state index is 0.535. The first-order valence-electron chi connectivity index (χ1n) is 3.34. The van der Waals surface area contributed by atoms with Gasteiger partial charge in [0.05, 0.1) is 5.56 Å². The van der Waals surface area contributed by atoms with Crippen LogP contribution in [0.15, 0.2) is 18.3 Å². The molecule has 58 valence electrons. The molecule has 4 heteroatoms. The molecule has 0 atom stereocenters. The highest BCUT2D eigenvalue weighted by Gasteiger charge is 2.00. The molecule has 1 N–H and O–H groups in total. The summed E-state index contributed by atoms with van der Waals surface area (Å²) in [5.74, 6) is 0. The number of nitriles is 1. The van der Waals surface area contributed by atoms with Gasteiger partial charge in [-0.15, -0.1) is 0 Å². The molecule has 0 aliphatic rings. The molecule has 0 amide bonds. The summed E-state index contributed by atoms with van der Waals surface area (Å²) in [5.41, 5.74) is 1.25. The molecule has 12 heavy (non-hydrogen) atoms. The summed E-state index contributed by atoms with van der Waals surface area (Å²) < 4.78 is 0. The third-order valence-electron chi connectivity index (χ3n) is 1.57. The fourth-order valence-electron chi connectivity index (χ4n) is 1.04. The van der Waals surface area contributed by atoms with Crippen LogP contribution in [0.2, 0.25) is 5.15 Å². The molecular weight excluding hydrogens is 174 g/mol. The Hall–Kier alpha value is -1.53. The van der Waals surface area contributed by atoms with Crippen LogP contribution in [0.25, 0.3) is 11.0 Å². The molecule has 2 aromatic heterocycles. The van der Waals surface area contributed by atoms with Crippen LogP contribution in [0.3, 0.4) is 0 Å². The van der Waals surface area contributed by atoms with Crippen molar-refractivity contribution in [3.8, 4) is 6.07 Å². The quantitative estimate of drug-likeness (QED) is 0.670. The number of hydrogen-bond donors (Lipinski definition) is 1. The van der Waals surface area contributed by atoms with Crippen LogP contribution < -0.4 is 0 Å². The van der Waals surface area contributed by atoms with Crippen molar-refractivity contribution >= 4 is 22.6 Å². The van der Waals surface area contributed by atoms with E-state index in [-0.39, 0.29) is 0 Å². The first kappa shape index (κ1) is 7.14. The van der Waals surface area contributed by atoms with E-state index in [0.717, 1.165) is 5.39 Å². The number of H-pyrrole nitrogens is 1. The van der Waals surface area contributed by atoms with Gasteiger partial charge in [0.1, 0.15) is 16.9 Å². The zero-order chi connectivity index (χ0) is 8.55. The topological polar surface area (TPSA) is 52.5 Å². The van der Waals surface area contributed by atoms with Gasteiger partial charge in [0.15, 0.2) is 0 Å². The van der Waals surface area contributed by atoms with E-state index in [1.165, 1.54) is 6.20 Å². The maximum absolute atomic E-state index is 8.57.